The summed E-state index contributed by atoms with van der Waals surface area (Å²) in [5.74, 6) is 0.617. The summed E-state index contributed by atoms with van der Waals surface area (Å²) in [6.07, 6.45) is 5.16. The van der Waals surface area contributed by atoms with Crippen LogP contribution in [0.3, 0.4) is 0 Å². The molecule has 1 aliphatic rings. The summed E-state index contributed by atoms with van der Waals surface area (Å²) in [7, 11) is 2.16. The highest BCUT2D eigenvalue weighted by Gasteiger charge is 2.14. The lowest BCUT2D eigenvalue weighted by molar-refractivity contribution is 0.294. The molecule has 0 radical (unpaired) electrons. The molecule has 1 fully saturated rings. The summed E-state index contributed by atoms with van der Waals surface area (Å²) < 4.78 is 5.76. The summed E-state index contributed by atoms with van der Waals surface area (Å²) in [4.78, 5) is 17.6. The first-order valence-corrected chi connectivity index (χ1v) is 9.37. The first kappa shape index (κ1) is 18.2. The van der Waals surface area contributed by atoms with Crippen molar-refractivity contribution in [1.82, 2.24) is 19.9 Å². The molecule has 7 nitrogen and oxygen atoms in total. The van der Waals surface area contributed by atoms with E-state index in [2.05, 4.69) is 56.1 Å². The van der Waals surface area contributed by atoms with E-state index in [0.717, 1.165) is 43.0 Å². The lowest BCUT2D eigenvalue weighted by Gasteiger charge is -2.34. The van der Waals surface area contributed by atoms with Crippen LogP contribution in [-0.4, -0.2) is 53.1 Å². The predicted octanol–water partition coefficient (Wildman–Crippen LogP) is 2.45. The van der Waals surface area contributed by atoms with Crippen LogP contribution < -0.4 is 15.4 Å². The number of likely N-dealkylation sites (N-methyl/N-ethyl adjacent to an activating group) is 1. The maximum atomic E-state index is 5.94. The Morgan fingerprint density at radius 2 is 1.82 bits per heavy atom. The number of nitrogens with two attached hydrogens (primary N) is 1. The Hall–Kier alpha value is -3.19. The smallest absolute Gasteiger partial charge is 0.258 e. The molecule has 0 unspecified atom stereocenters. The second-order valence-electron chi connectivity index (χ2n) is 6.93. The molecule has 28 heavy (non-hydrogen) atoms. The van der Waals surface area contributed by atoms with Crippen molar-refractivity contribution in [2.45, 2.75) is 6.61 Å². The second-order valence-corrected chi connectivity index (χ2v) is 6.93. The minimum absolute atomic E-state index is 0.279. The Morgan fingerprint density at radius 1 is 1.04 bits per heavy atom. The third kappa shape index (κ3) is 4.20. The number of aromatic nitrogens is 3. The molecule has 1 aromatic carbocycles. The van der Waals surface area contributed by atoms with E-state index in [0.29, 0.717) is 12.5 Å². The van der Waals surface area contributed by atoms with Crippen LogP contribution in [0.5, 0.6) is 5.88 Å². The minimum atomic E-state index is 0.279. The number of ether oxygens (including phenoxy) is 1. The monoisotopic (exact) mass is 376 g/mol. The van der Waals surface area contributed by atoms with Crippen LogP contribution in [0.25, 0.3) is 11.3 Å². The van der Waals surface area contributed by atoms with Gasteiger partial charge in [0.15, 0.2) is 5.82 Å². The largest absolute Gasteiger partial charge is 0.470 e. The molecule has 1 aliphatic heterocycles. The van der Waals surface area contributed by atoms with E-state index in [1.807, 2.05) is 12.1 Å². The molecule has 0 bridgehead atoms. The van der Waals surface area contributed by atoms with Gasteiger partial charge in [-0.05, 0) is 25.2 Å². The van der Waals surface area contributed by atoms with Gasteiger partial charge in [-0.3, -0.25) is 4.98 Å². The van der Waals surface area contributed by atoms with E-state index in [1.165, 1.54) is 5.69 Å². The van der Waals surface area contributed by atoms with Crippen LogP contribution in [0.1, 0.15) is 5.56 Å². The Balaban J connectivity index is 1.48. The first-order chi connectivity index (χ1) is 13.7. The number of anilines is 2. The normalized spacial score (nSPS) is 14.8. The van der Waals surface area contributed by atoms with Gasteiger partial charge in [-0.2, -0.15) is 0 Å². The van der Waals surface area contributed by atoms with Crippen LogP contribution in [0.15, 0.2) is 55.0 Å². The topological polar surface area (TPSA) is 80.4 Å². The van der Waals surface area contributed by atoms with E-state index in [1.54, 1.807) is 18.6 Å². The minimum Gasteiger partial charge on any atom is -0.470 e. The molecule has 0 atom stereocenters. The van der Waals surface area contributed by atoms with Crippen LogP contribution in [0, 0.1) is 0 Å². The zero-order valence-corrected chi connectivity index (χ0v) is 16.0. The fraction of sp³-hybridized carbons (Fsp3) is 0.286. The molecule has 4 rings (SSSR count). The number of hydrogen-bond donors (Lipinski definition) is 1. The van der Waals surface area contributed by atoms with Gasteiger partial charge in [0.25, 0.3) is 5.88 Å². The number of piperazine rings is 1. The van der Waals surface area contributed by atoms with Gasteiger partial charge in [-0.15, -0.1) is 0 Å². The Kier molecular flexibility index (Phi) is 5.34. The Bertz CT molecular complexity index is 908. The molecule has 144 valence electrons. The molecular formula is C21H24N6O. The molecule has 0 aliphatic carbocycles. The quantitative estimate of drug-likeness (QED) is 0.732. The van der Waals surface area contributed by atoms with Gasteiger partial charge >= 0.3 is 0 Å². The SMILES string of the molecule is CN1CCN(c2ccc(-c3cnc(N)c(OCc4cccnc4)n3)cc2)CC1. The average molecular weight is 376 g/mol. The van der Waals surface area contributed by atoms with Crippen LogP contribution in [0.2, 0.25) is 0 Å². The summed E-state index contributed by atoms with van der Waals surface area (Å²) in [6, 6.07) is 12.2. The Labute approximate surface area is 164 Å². The highest BCUT2D eigenvalue weighted by atomic mass is 16.5. The number of nitrogens with zero attached hydrogens (tertiary/aromatic N) is 5. The standard InChI is InChI=1S/C21H24N6O/c1-26-9-11-27(12-10-26)18-6-4-17(5-7-18)19-14-24-20(22)21(25-19)28-15-16-3-2-8-23-13-16/h2-8,13-14H,9-12,15H2,1H3,(H2,22,24). The first-order valence-electron chi connectivity index (χ1n) is 9.37. The van der Waals surface area contributed by atoms with Crippen molar-refractivity contribution in [2.75, 3.05) is 43.9 Å². The van der Waals surface area contributed by atoms with Gasteiger partial charge in [-0.25, -0.2) is 9.97 Å². The molecule has 0 saturated carbocycles. The number of hydrogen-bond acceptors (Lipinski definition) is 7. The van der Waals surface area contributed by atoms with Crippen LogP contribution in [-0.2, 0) is 6.61 Å². The van der Waals surface area contributed by atoms with E-state index in [-0.39, 0.29) is 5.82 Å². The molecule has 1 saturated heterocycles. The maximum Gasteiger partial charge on any atom is 0.258 e. The summed E-state index contributed by atoms with van der Waals surface area (Å²) in [5.41, 5.74) is 9.84. The average Bonchev–Trinajstić information content (AvgIpc) is 2.75. The lowest BCUT2D eigenvalue weighted by Crippen LogP contribution is -2.44. The summed E-state index contributed by atoms with van der Waals surface area (Å²) >= 11 is 0. The summed E-state index contributed by atoms with van der Waals surface area (Å²) in [5, 5.41) is 0. The van der Waals surface area contributed by atoms with Gasteiger partial charge in [0.05, 0.1) is 11.9 Å². The van der Waals surface area contributed by atoms with Crippen molar-refractivity contribution >= 4 is 11.5 Å². The third-order valence-corrected chi connectivity index (χ3v) is 4.90. The molecule has 0 amide bonds. The fourth-order valence-corrected chi connectivity index (χ4v) is 3.17. The number of rotatable bonds is 5. The van der Waals surface area contributed by atoms with Crippen molar-refractivity contribution < 1.29 is 4.74 Å². The molecule has 7 heteroatoms. The highest BCUT2D eigenvalue weighted by molar-refractivity contribution is 5.64. The van der Waals surface area contributed by atoms with E-state index in [4.69, 9.17) is 10.5 Å². The predicted molar refractivity (Wildman–Crippen MR) is 110 cm³/mol. The maximum absolute atomic E-state index is 5.94. The van der Waals surface area contributed by atoms with E-state index < -0.39 is 0 Å². The molecule has 3 aromatic rings. The van der Waals surface area contributed by atoms with Gasteiger partial charge < -0.3 is 20.3 Å². The van der Waals surface area contributed by atoms with E-state index >= 15 is 0 Å². The molecular weight excluding hydrogens is 352 g/mol. The van der Waals surface area contributed by atoms with Crippen molar-refractivity contribution in [3.8, 4) is 17.1 Å². The second kappa shape index (κ2) is 8.22. The van der Waals surface area contributed by atoms with E-state index in [9.17, 15) is 0 Å². The van der Waals surface area contributed by atoms with Gasteiger partial charge in [-0.1, -0.05) is 18.2 Å². The zero-order chi connectivity index (χ0) is 19.3. The fourth-order valence-electron chi connectivity index (χ4n) is 3.17. The van der Waals surface area contributed by atoms with Gasteiger partial charge in [0.2, 0.25) is 0 Å². The van der Waals surface area contributed by atoms with Crippen molar-refractivity contribution in [1.29, 1.82) is 0 Å². The molecule has 2 N–H and O–H groups in total. The Morgan fingerprint density at radius 3 is 2.54 bits per heavy atom. The number of benzene rings is 1. The molecule has 0 spiro atoms. The third-order valence-electron chi connectivity index (χ3n) is 4.90. The van der Waals surface area contributed by atoms with Gasteiger partial charge in [0.1, 0.15) is 6.61 Å². The summed E-state index contributed by atoms with van der Waals surface area (Å²) in [6.45, 7) is 4.61. The number of pyridine rings is 1. The highest BCUT2D eigenvalue weighted by Crippen LogP contribution is 2.26. The number of nitrogen functional groups attached to an aromatic ring is 1. The van der Waals surface area contributed by atoms with Crippen molar-refractivity contribution in [3.05, 3.63) is 60.6 Å². The molecule has 3 heterocycles. The van der Waals surface area contributed by atoms with Crippen LogP contribution in [0.4, 0.5) is 11.5 Å². The zero-order valence-electron chi connectivity index (χ0n) is 16.0. The lowest BCUT2D eigenvalue weighted by atomic mass is 10.1. The van der Waals surface area contributed by atoms with Crippen molar-refractivity contribution in [3.63, 3.8) is 0 Å². The van der Waals surface area contributed by atoms with Crippen molar-refractivity contribution in [2.24, 2.45) is 0 Å². The molecule has 2 aromatic heterocycles. The van der Waals surface area contributed by atoms with Gasteiger partial charge in [0, 0.05) is 55.4 Å². The van der Waals surface area contributed by atoms with Crippen LogP contribution >= 0.6 is 0 Å².